The van der Waals surface area contributed by atoms with E-state index in [1.807, 2.05) is 30.3 Å². The van der Waals surface area contributed by atoms with E-state index in [4.69, 9.17) is 0 Å². The number of rotatable bonds is 2. The van der Waals surface area contributed by atoms with Gasteiger partial charge in [0.2, 0.25) is 0 Å². The van der Waals surface area contributed by atoms with E-state index in [0.29, 0.717) is 4.88 Å². The van der Waals surface area contributed by atoms with Crippen molar-refractivity contribution < 1.29 is 4.79 Å². The van der Waals surface area contributed by atoms with Gasteiger partial charge in [-0.2, -0.15) is 5.21 Å². The van der Waals surface area contributed by atoms with Crippen LogP contribution in [-0.2, 0) is 0 Å². The summed E-state index contributed by atoms with van der Waals surface area (Å²) in [5, 5.41) is 14.4. The highest BCUT2D eigenvalue weighted by Gasteiger charge is 2.18. The summed E-state index contributed by atoms with van der Waals surface area (Å²) in [6, 6.07) is 9.75. The van der Waals surface area contributed by atoms with Gasteiger partial charge >= 0.3 is 0 Å². The molecule has 3 rings (SSSR count). The van der Waals surface area contributed by atoms with Crippen LogP contribution in [0.2, 0.25) is 0 Å². The summed E-state index contributed by atoms with van der Waals surface area (Å²) in [6.45, 7) is 0. The zero-order valence-electron chi connectivity index (χ0n) is 9.49. The first-order valence-electron chi connectivity index (χ1n) is 5.26. The molecule has 0 spiro atoms. The average molecular weight is 259 g/mol. The molecule has 0 unspecified atom stereocenters. The molecule has 2 heterocycles. The van der Waals surface area contributed by atoms with E-state index in [2.05, 4.69) is 20.6 Å². The summed E-state index contributed by atoms with van der Waals surface area (Å²) in [5.74, 6) is 0.120. The van der Waals surface area contributed by atoms with Crippen molar-refractivity contribution in [2.24, 2.45) is 0 Å². The van der Waals surface area contributed by atoms with Crippen molar-refractivity contribution in [2.45, 2.75) is 0 Å². The zero-order chi connectivity index (χ0) is 12.5. The molecule has 18 heavy (non-hydrogen) atoms. The van der Waals surface area contributed by atoms with E-state index >= 15 is 0 Å². The molecule has 0 atom stereocenters. The summed E-state index contributed by atoms with van der Waals surface area (Å²) >= 11 is 1.45. The fraction of sp³-hybridized carbons (Fsp3) is 0.0909. The number of fused-ring (bicyclic) bond motifs is 1. The molecule has 7 heteroatoms. The Bertz CT molecular complexity index is 657. The number of anilines is 1. The first kappa shape index (κ1) is 10.8. The minimum Gasteiger partial charge on any atom is -0.276 e. The molecule has 0 bridgehead atoms. The minimum absolute atomic E-state index is 0.141. The molecular formula is C11H9N5OS. The van der Waals surface area contributed by atoms with Gasteiger partial charge in [0.05, 0.1) is 4.88 Å². The number of aromatic nitrogens is 4. The Morgan fingerprint density at radius 3 is 2.94 bits per heavy atom. The first-order valence-corrected chi connectivity index (χ1v) is 6.07. The van der Waals surface area contributed by atoms with Crippen LogP contribution in [0.3, 0.4) is 0 Å². The third kappa shape index (κ3) is 1.74. The summed E-state index contributed by atoms with van der Waals surface area (Å²) in [5.41, 5.74) is 0. The van der Waals surface area contributed by atoms with Crippen molar-refractivity contribution in [2.75, 3.05) is 11.9 Å². The van der Waals surface area contributed by atoms with Gasteiger partial charge in [0.25, 0.3) is 11.9 Å². The fourth-order valence-corrected chi connectivity index (χ4v) is 2.68. The molecule has 0 radical (unpaired) electrons. The number of carbonyl (C=O) groups excluding carboxylic acids is 1. The van der Waals surface area contributed by atoms with Crippen molar-refractivity contribution in [3.05, 3.63) is 35.2 Å². The maximum atomic E-state index is 12.2. The van der Waals surface area contributed by atoms with Crippen LogP contribution < -0.4 is 4.90 Å². The summed E-state index contributed by atoms with van der Waals surface area (Å²) < 4.78 is 1.09. The third-order valence-corrected chi connectivity index (χ3v) is 3.68. The van der Waals surface area contributed by atoms with Crippen LogP contribution in [0, 0.1) is 0 Å². The van der Waals surface area contributed by atoms with Crippen LogP contribution in [0.1, 0.15) is 9.67 Å². The Kier molecular flexibility index (Phi) is 2.52. The van der Waals surface area contributed by atoms with Gasteiger partial charge in [0, 0.05) is 11.7 Å². The zero-order valence-corrected chi connectivity index (χ0v) is 10.3. The van der Waals surface area contributed by atoms with Gasteiger partial charge in [-0.05, 0) is 22.7 Å². The minimum atomic E-state index is -0.141. The van der Waals surface area contributed by atoms with Crippen LogP contribution >= 0.6 is 11.3 Å². The van der Waals surface area contributed by atoms with Gasteiger partial charge in [-0.25, -0.2) is 0 Å². The average Bonchev–Trinajstić information content (AvgIpc) is 3.05. The van der Waals surface area contributed by atoms with Gasteiger partial charge in [0.1, 0.15) is 0 Å². The molecule has 0 fully saturated rings. The maximum Gasteiger partial charge on any atom is 0.272 e. The highest BCUT2D eigenvalue weighted by atomic mass is 32.1. The summed E-state index contributed by atoms with van der Waals surface area (Å²) in [7, 11) is 1.62. The molecule has 1 amide bonds. The van der Waals surface area contributed by atoms with Gasteiger partial charge in [-0.1, -0.05) is 23.3 Å². The van der Waals surface area contributed by atoms with Crippen molar-refractivity contribution in [1.29, 1.82) is 0 Å². The number of tetrazole rings is 1. The van der Waals surface area contributed by atoms with E-state index in [0.717, 1.165) is 10.1 Å². The molecule has 0 saturated carbocycles. The smallest absolute Gasteiger partial charge is 0.272 e. The lowest BCUT2D eigenvalue weighted by atomic mass is 10.2. The van der Waals surface area contributed by atoms with E-state index in [9.17, 15) is 4.79 Å². The second kappa shape index (κ2) is 4.19. The van der Waals surface area contributed by atoms with Gasteiger partial charge < -0.3 is 0 Å². The summed E-state index contributed by atoms with van der Waals surface area (Å²) in [4.78, 5) is 14.3. The lowest BCUT2D eigenvalue weighted by molar-refractivity contribution is 0.0995. The van der Waals surface area contributed by atoms with E-state index in [1.165, 1.54) is 16.2 Å². The Hall–Kier alpha value is -2.28. The van der Waals surface area contributed by atoms with Gasteiger partial charge in [-0.15, -0.1) is 16.4 Å². The number of amides is 1. The molecule has 1 N–H and O–H groups in total. The Morgan fingerprint density at radius 1 is 1.39 bits per heavy atom. The Labute approximate surface area is 106 Å². The highest BCUT2D eigenvalue weighted by molar-refractivity contribution is 7.20. The predicted molar refractivity (Wildman–Crippen MR) is 68.7 cm³/mol. The quantitative estimate of drug-likeness (QED) is 0.760. The van der Waals surface area contributed by atoms with E-state index in [-0.39, 0.29) is 11.9 Å². The van der Waals surface area contributed by atoms with E-state index in [1.54, 1.807) is 7.05 Å². The van der Waals surface area contributed by atoms with Crippen LogP contribution in [0.4, 0.5) is 5.95 Å². The standard InChI is InChI=1S/C11H9N5OS/c1-16(11-12-14-15-13-11)10(17)9-6-7-4-2-3-5-8(7)18-9/h2-6H,1H3,(H,12,13,14,15). The molecular weight excluding hydrogens is 250 g/mol. The monoisotopic (exact) mass is 259 g/mol. The predicted octanol–water partition coefficient (Wildman–Crippen LogP) is 1.69. The SMILES string of the molecule is CN(C(=O)c1cc2ccccc2s1)c1nn[nH]n1. The van der Waals surface area contributed by atoms with Crippen LogP contribution in [0.25, 0.3) is 10.1 Å². The van der Waals surface area contributed by atoms with Crippen molar-refractivity contribution >= 4 is 33.3 Å². The molecule has 90 valence electrons. The first-order chi connectivity index (χ1) is 8.75. The number of H-pyrrole nitrogens is 1. The number of hydrogen-bond acceptors (Lipinski definition) is 5. The lowest BCUT2D eigenvalue weighted by Gasteiger charge is -2.09. The number of thiophene rings is 1. The number of nitrogens with zero attached hydrogens (tertiary/aromatic N) is 4. The molecule has 1 aromatic carbocycles. The Balaban J connectivity index is 1.97. The Morgan fingerprint density at radius 2 is 2.22 bits per heavy atom. The maximum absolute atomic E-state index is 12.2. The number of benzene rings is 1. The van der Waals surface area contributed by atoms with Crippen molar-refractivity contribution in [3.8, 4) is 0 Å². The van der Waals surface area contributed by atoms with E-state index < -0.39 is 0 Å². The van der Waals surface area contributed by atoms with Crippen LogP contribution in [0.15, 0.2) is 30.3 Å². The molecule has 6 nitrogen and oxygen atoms in total. The largest absolute Gasteiger partial charge is 0.276 e. The number of carbonyl (C=O) groups is 1. The highest BCUT2D eigenvalue weighted by Crippen LogP contribution is 2.26. The molecule has 0 saturated heterocycles. The molecule has 2 aromatic heterocycles. The van der Waals surface area contributed by atoms with Crippen LogP contribution in [0.5, 0.6) is 0 Å². The van der Waals surface area contributed by atoms with Crippen molar-refractivity contribution in [1.82, 2.24) is 20.6 Å². The molecule has 0 aliphatic carbocycles. The van der Waals surface area contributed by atoms with Gasteiger partial charge in [-0.3, -0.25) is 9.69 Å². The second-order valence-corrected chi connectivity index (χ2v) is 4.81. The normalized spacial score (nSPS) is 10.7. The van der Waals surface area contributed by atoms with Crippen molar-refractivity contribution in [3.63, 3.8) is 0 Å². The molecule has 3 aromatic rings. The second-order valence-electron chi connectivity index (χ2n) is 3.72. The number of nitrogens with one attached hydrogen (secondary N) is 1. The molecule has 0 aliphatic heterocycles. The molecule has 0 aliphatic rings. The number of hydrogen-bond donors (Lipinski definition) is 1. The van der Waals surface area contributed by atoms with Gasteiger partial charge in [0.15, 0.2) is 0 Å². The summed E-state index contributed by atoms with van der Waals surface area (Å²) in [6.07, 6.45) is 0. The lowest BCUT2D eigenvalue weighted by Crippen LogP contribution is -2.26. The number of aromatic amines is 1. The fourth-order valence-electron chi connectivity index (χ4n) is 1.64. The van der Waals surface area contributed by atoms with Crippen LogP contribution in [-0.4, -0.2) is 33.6 Å². The third-order valence-electron chi connectivity index (χ3n) is 2.58. The topological polar surface area (TPSA) is 74.8 Å².